The van der Waals surface area contributed by atoms with Gasteiger partial charge in [0.05, 0.1) is 19.4 Å². The molecule has 0 N–H and O–H groups in total. The molecule has 4 rings (SSSR count). The highest BCUT2D eigenvalue weighted by atomic mass is 16.5. The molecule has 1 aromatic heterocycles. The first-order valence-electron chi connectivity index (χ1n) is 10.7. The van der Waals surface area contributed by atoms with E-state index in [1.807, 2.05) is 48.5 Å². The zero-order valence-corrected chi connectivity index (χ0v) is 17.9. The number of carbonyl (C=O) groups excluding carboxylic acids is 2. The van der Waals surface area contributed by atoms with Crippen molar-refractivity contribution in [1.29, 1.82) is 0 Å². The first-order valence-corrected chi connectivity index (χ1v) is 10.7. The highest BCUT2D eigenvalue weighted by molar-refractivity contribution is 6.07. The quantitative estimate of drug-likeness (QED) is 0.610. The average Bonchev–Trinajstić information content (AvgIpc) is 3.37. The van der Waals surface area contributed by atoms with Crippen LogP contribution < -0.4 is 0 Å². The number of nitrogens with zero attached hydrogens (tertiary/aromatic N) is 3. The van der Waals surface area contributed by atoms with E-state index in [1.54, 1.807) is 18.3 Å². The minimum absolute atomic E-state index is 0.0868. The van der Waals surface area contributed by atoms with Gasteiger partial charge in [-0.05, 0) is 36.6 Å². The van der Waals surface area contributed by atoms with E-state index >= 15 is 0 Å². The predicted octanol–water partition coefficient (Wildman–Crippen LogP) is 3.24. The summed E-state index contributed by atoms with van der Waals surface area (Å²) < 4.78 is 10.5. The van der Waals surface area contributed by atoms with Crippen LogP contribution in [0.1, 0.15) is 24.2 Å². The lowest BCUT2D eigenvalue weighted by molar-refractivity contribution is -0.136. The second-order valence-corrected chi connectivity index (χ2v) is 8.05. The van der Waals surface area contributed by atoms with Gasteiger partial charge in [0, 0.05) is 33.3 Å². The molecule has 0 bridgehead atoms. The maximum absolute atomic E-state index is 13.4. The van der Waals surface area contributed by atoms with Crippen LogP contribution in [0.25, 0.3) is 6.08 Å². The Hall–Kier alpha value is -2.90. The number of imide groups is 1. The molecule has 7 nitrogen and oxygen atoms in total. The largest absolute Gasteiger partial charge is 0.465 e. The number of rotatable bonds is 8. The summed E-state index contributed by atoms with van der Waals surface area (Å²) in [5.41, 5.74) is 0.252. The summed E-state index contributed by atoms with van der Waals surface area (Å²) in [5.74, 6) is 0.740. The number of furan rings is 1. The third kappa shape index (κ3) is 4.43. The Labute approximate surface area is 182 Å². The van der Waals surface area contributed by atoms with Gasteiger partial charge in [0.15, 0.2) is 0 Å². The van der Waals surface area contributed by atoms with Gasteiger partial charge in [-0.3, -0.25) is 14.6 Å². The minimum atomic E-state index is -0.776. The van der Waals surface area contributed by atoms with Crippen LogP contribution in [0.5, 0.6) is 0 Å². The van der Waals surface area contributed by atoms with E-state index in [0.717, 1.165) is 31.0 Å². The molecule has 31 heavy (non-hydrogen) atoms. The SMILES string of the molecule is COCCN1C(=O)N(Cc2ccccc2)C2(CCN(CC=Cc3ccco3)CC2)C1=O. The van der Waals surface area contributed by atoms with E-state index in [-0.39, 0.29) is 18.5 Å². The predicted molar refractivity (Wildman–Crippen MR) is 117 cm³/mol. The van der Waals surface area contributed by atoms with Crippen LogP contribution in [0.4, 0.5) is 4.79 Å². The van der Waals surface area contributed by atoms with Crippen LogP contribution in [-0.2, 0) is 16.1 Å². The van der Waals surface area contributed by atoms with Crippen LogP contribution in [-0.4, -0.2) is 72.1 Å². The van der Waals surface area contributed by atoms with Crippen molar-refractivity contribution in [3.8, 4) is 0 Å². The molecular weight excluding hydrogens is 394 g/mol. The van der Waals surface area contributed by atoms with E-state index < -0.39 is 5.54 Å². The summed E-state index contributed by atoms with van der Waals surface area (Å²) in [6.45, 7) is 3.36. The molecule has 164 valence electrons. The van der Waals surface area contributed by atoms with E-state index in [4.69, 9.17) is 9.15 Å². The Bertz CT molecular complexity index is 902. The van der Waals surface area contributed by atoms with Gasteiger partial charge in [-0.25, -0.2) is 4.79 Å². The highest BCUT2D eigenvalue weighted by Crippen LogP contribution is 2.38. The highest BCUT2D eigenvalue weighted by Gasteiger charge is 2.57. The monoisotopic (exact) mass is 423 g/mol. The van der Waals surface area contributed by atoms with E-state index in [0.29, 0.717) is 26.0 Å². The van der Waals surface area contributed by atoms with Crippen LogP contribution in [0, 0.1) is 0 Å². The first kappa shape index (κ1) is 21.3. The summed E-state index contributed by atoms with van der Waals surface area (Å²) in [6.07, 6.45) is 6.95. The second kappa shape index (κ2) is 9.49. The lowest BCUT2D eigenvalue weighted by atomic mass is 9.85. The zero-order valence-electron chi connectivity index (χ0n) is 17.9. The molecule has 0 atom stereocenters. The number of urea groups is 1. The number of methoxy groups -OCH3 is 1. The summed E-state index contributed by atoms with van der Waals surface area (Å²) in [7, 11) is 1.58. The van der Waals surface area contributed by atoms with Gasteiger partial charge in [-0.2, -0.15) is 0 Å². The smallest absolute Gasteiger partial charge is 0.328 e. The van der Waals surface area contributed by atoms with Crippen LogP contribution in [0.15, 0.2) is 59.2 Å². The van der Waals surface area contributed by atoms with Gasteiger partial charge < -0.3 is 14.1 Å². The number of likely N-dealkylation sites (tertiary alicyclic amines) is 1. The van der Waals surface area contributed by atoms with Crippen molar-refractivity contribution in [2.75, 3.05) is 39.9 Å². The Kier molecular flexibility index (Phi) is 6.53. The van der Waals surface area contributed by atoms with Crippen molar-refractivity contribution in [2.45, 2.75) is 24.9 Å². The minimum Gasteiger partial charge on any atom is -0.465 e. The number of hydrogen-bond donors (Lipinski definition) is 0. The number of piperidine rings is 1. The van der Waals surface area contributed by atoms with Crippen LogP contribution in [0.2, 0.25) is 0 Å². The molecule has 3 heterocycles. The molecule has 0 radical (unpaired) electrons. The van der Waals surface area contributed by atoms with Gasteiger partial charge in [-0.1, -0.05) is 36.4 Å². The van der Waals surface area contributed by atoms with E-state index in [1.165, 1.54) is 4.90 Å². The van der Waals surface area contributed by atoms with Crippen molar-refractivity contribution in [3.05, 3.63) is 66.1 Å². The van der Waals surface area contributed by atoms with Crippen molar-refractivity contribution in [2.24, 2.45) is 0 Å². The van der Waals surface area contributed by atoms with Gasteiger partial charge in [-0.15, -0.1) is 0 Å². The molecule has 7 heteroatoms. The fourth-order valence-electron chi connectivity index (χ4n) is 4.44. The molecular formula is C24H29N3O4. The van der Waals surface area contributed by atoms with Crippen molar-refractivity contribution in [3.63, 3.8) is 0 Å². The van der Waals surface area contributed by atoms with Gasteiger partial charge in [0.1, 0.15) is 11.3 Å². The molecule has 0 aliphatic carbocycles. The average molecular weight is 424 g/mol. The molecule has 2 aliphatic rings. The standard InChI is InChI=1S/C24H29N3O4/c1-30-18-16-26-22(28)24(27(23(26)29)19-20-7-3-2-4-8-20)11-14-25(15-12-24)13-5-9-21-10-6-17-31-21/h2-10,17H,11-16,18-19H2,1H3. The second-order valence-electron chi connectivity index (χ2n) is 8.05. The fraction of sp³-hybridized carbons (Fsp3) is 0.417. The van der Waals surface area contributed by atoms with Crippen molar-refractivity contribution < 1.29 is 18.7 Å². The number of ether oxygens (including phenoxy) is 1. The fourth-order valence-corrected chi connectivity index (χ4v) is 4.44. The zero-order chi connectivity index (χ0) is 21.7. The first-order chi connectivity index (χ1) is 15.1. The Balaban J connectivity index is 1.48. The Morgan fingerprint density at radius 1 is 1.10 bits per heavy atom. The topological polar surface area (TPSA) is 66.2 Å². The molecule has 1 aromatic carbocycles. The lowest BCUT2D eigenvalue weighted by Crippen LogP contribution is -2.56. The maximum Gasteiger partial charge on any atom is 0.328 e. The summed E-state index contributed by atoms with van der Waals surface area (Å²) in [6, 6.07) is 13.4. The third-order valence-corrected chi connectivity index (χ3v) is 6.20. The number of hydrogen-bond acceptors (Lipinski definition) is 5. The van der Waals surface area contributed by atoms with Crippen LogP contribution in [0.3, 0.4) is 0 Å². The molecule has 2 saturated heterocycles. The van der Waals surface area contributed by atoms with E-state index in [9.17, 15) is 9.59 Å². The normalized spacial score (nSPS) is 19.3. The molecule has 2 fully saturated rings. The van der Waals surface area contributed by atoms with Gasteiger partial charge in [0.2, 0.25) is 0 Å². The number of carbonyl (C=O) groups is 2. The Morgan fingerprint density at radius 3 is 2.55 bits per heavy atom. The van der Waals surface area contributed by atoms with Gasteiger partial charge >= 0.3 is 6.03 Å². The molecule has 2 aliphatic heterocycles. The molecule has 0 saturated carbocycles. The van der Waals surface area contributed by atoms with Crippen molar-refractivity contribution >= 4 is 18.0 Å². The van der Waals surface area contributed by atoms with Crippen molar-refractivity contribution in [1.82, 2.24) is 14.7 Å². The molecule has 0 unspecified atom stereocenters. The number of amides is 3. The molecule has 1 spiro atoms. The van der Waals surface area contributed by atoms with Gasteiger partial charge in [0.25, 0.3) is 5.91 Å². The Morgan fingerprint density at radius 2 is 1.87 bits per heavy atom. The lowest BCUT2D eigenvalue weighted by Gasteiger charge is -2.42. The number of benzene rings is 1. The summed E-state index contributed by atoms with van der Waals surface area (Å²) >= 11 is 0. The summed E-state index contributed by atoms with van der Waals surface area (Å²) in [4.78, 5) is 32.1. The van der Waals surface area contributed by atoms with Crippen LogP contribution >= 0.6 is 0 Å². The van der Waals surface area contributed by atoms with E-state index in [2.05, 4.69) is 11.0 Å². The maximum atomic E-state index is 13.4. The molecule has 2 aromatic rings. The molecule has 3 amide bonds. The summed E-state index contributed by atoms with van der Waals surface area (Å²) in [5, 5.41) is 0. The third-order valence-electron chi connectivity index (χ3n) is 6.20.